The summed E-state index contributed by atoms with van der Waals surface area (Å²) in [6.45, 7) is 4.71. The number of ether oxygens (including phenoxy) is 3. The van der Waals surface area contributed by atoms with Gasteiger partial charge >= 0.3 is 19.8 Å². The first kappa shape index (κ1) is 31.7. The molecular weight excluding hydrogens is 647 g/mol. The fourth-order valence-electron chi connectivity index (χ4n) is 4.29. The second-order valence-electron chi connectivity index (χ2n) is 10.0. The molecule has 1 unspecified atom stereocenters. The third kappa shape index (κ3) is 6.40. The second-order valence-corrected chi connectivity index (χ2v) is 11.8. The van der Waals surface area contributed by atoms with Gasteiger partial charge in [-0.1, -0.05) is 29.4 Å². The third-order valence-electron chi connectivity index (χ3n) is 6.36. The number of fused-ring (bicyclic) bond motifs is 1. The first-order valence-electron chi connectivity index (χ1n) is 12.6. The first-order valence-corrected chi connectivity index (χ1v) is 14.6. The van der Waals surface area contributed by atoms with E-state index in [0.717, 1.165) is 13.1 Å². The Morgan fingerprint density at radius 2 is 1.81 bits per heavy atom. The van der Waals surface area contributed by atoms with Crippen LogP contribution in [0.3, 0.4) is 0 Å². The van der Waals surface area contributed by atoms with Gasteiger partial charge in [0.15, 0.2) is 23.8 Å². The van der Waals surface area contributed by atoms with Crippen molar-refractivity contribution < 1.29 is 42.0 Å². The SMILES string of the molecule is CC(C)OC(=O)[C@H](C)N[P+](=O)Oc1cccc2c(OC[C@@]3(F)O[C@@H](n4cc(Br)c(=O)[nH]c4=O)[C@](C)(F)[C@@H]3O)cccc12. The van der Waals surface area contributed by atoms with Crippen molar-refractivity contribution in [2.24, 2.45) is 0 Å². The number of aromatic amines is 1. The molecule has 2 aromatic carbocycles. The highest BCUT2D eigenvalue weighted by Gasteiger charge is 2.65. The van der Waals surface area contributed by atoms with Gasteiger partial charge < -0.3 is 19.3 Å². The van der Waals surface area contributed by atoms with Crippen LogP contribution < -0.4 is 25.6 Å². The number of hydrogen-bond donors (Lipinski definition) is 3. The third-order valence-corrected chi connectivity index (χ3v) is 7.89. The van der Waals surface area contributed by atoms with E-state index in [-0.39, 0.29) is 22.1 Å². The lowest BCUT2D eigenvalue weighted by Gasteiger charge is -2.25. The molecule has 4 rings (SSSR count). The van der Waals surface area contributed by atoms with Gasteiger partial charge in [-0.3, -0.25) is 19.1 Å². The predicted octanol–water partition coefficient (Wildman–Crippen LogP) is 3.78. The molecule has 3 N–H and O–H groups in total. The van der Waals surface area contributed by atoms with Gasteiger partial charge in [0.2, 0.25) is 0 Å². The van der Waals surface area contributed by atoms with Crippen LogP contribution in [0.25, 0.3) is 10.8 Å². The van der Waals surface area contributed by atoms with Crippen LogP contribution in [-0.4, -0.2) is 57.0 Å². The number of aliphatic hydroxyl groups excluding tert-OH is 1. The molecule has 1 aromatic heterocycles. The van der Waals surface area contributed by atoms with Crippen molar-refractivity contribution in [2.75, 3.05) is 6.61 Å². The van der Waals surface area contributed by atoms with E-state index in [1.165, 1.54) is 19.1 Å². The molecule has 2 heterocycles. The van der Waals surface area contributed by atoms with Crippen LogP contribution in [0.4, 0.5) is 8.78 Å². The molecule has 12 nitrogen and oxygen atoms in total. The number of carbonyl (C=O) groups is 1. The van der Waals surface area contributed by atoms with Gasteiger partial charge in [-0.05, 0) is 55.8 Å². The first-order chi connectivity index (χ1) is 19.6. The minimum Gasteiger partial charge on any atom is -0.487 e. The number of nitrogens with zero attached hydrogens (tertiary/aromatic N) is 1. The molecule has 0 saturated carbocycles. The molecule has 16 heteroatoms. The van der Waals surface area contributed by atoms with Crippen molar-refractivity contribution in [1.82, 2.24) is 14.6 Å². The van der Waals surface area contributed by atoms with Crippen LogP contribution in [0.15, 0.2) is 56.7 Å². The lowest BCUT2D eigenvalue weighted by atomic mass is 9.97. The van der Waals surface area contributed by atoms with Gasteiger partial charge in [0.25, 0.3) is 11.4 Å². The van der Waals surface area contributed by atoms with E-state index in [1.54, 1.807) is 38.1 Å². The van der Waals surface area contributed by atoms with E-state index < -0.39 is 61.9 Å². The molecule has 0 radical (unpaired) electrons. The highest BCUT2D eigenvalue weighted by molar-refractivity contribution is 9.10. The summed E-state index contributed by atoms with van der Waals surface area (Å²) in [6.07, 6.45) is -3.75. The van der Waals surface area contributed by atoms with E-state index in [9.17, 15) is 24.1 Å². The molecule has 0 aliphatic carbocycles. The summed E-state index contributed by atoms with van der Waals surface area (Å²) in [6, 6.07) is 8.43. The summed E-state index contributed by atoms with van der Waals surface area (Å²) in [5.41, 5.74) is -4.67. The number of rotatable bonds is 10. The number of benzene rings is 2. The average Bonchev–Trinajstić information content (AvgIpc) is 3.09. The van der Waals surface area contributed by atoms with Crippen LogP contribution in [0.5, 0.6) is 11.5 Å². The van der Waals surface area contributed by atoms with Gasteiger partial charge in [-0.15, -0.1) is 0 Å². The van der Waals surface area contributed by atoms with Gasteiger partial charge in [0, 0.05) is 21.5 Å². The molecule has 1 saturated heterocycles. The maximum atomic E-state index is 15.9. The summed E-state index contributed by atoms with van der Waals surface area (Å²) in [5.74, 6) is -3.47. The summed E-state index contributed by atoms with van der Waals surface area (Å²) in [5, 5.41) is 13.9. The molecule has 0 amide bonds. The monoisotopic (exact) mass is 674 g/mol. The van der Waals surface area contributed by atoms with E-state index in [1.807, 2.05) is 4.98 Å². The standard InChI is InChI=1S/C26H27BrF2N3O9P/c1-13(2)39-21(34)14(3)31-42(37)41-19-10-6-7-15-16(19)8-5-9-18(15)38-12-26(29)22(35)25(4,28)23(40-26)32-11-17(27)20(33)30-24(32)36/h5-11,13-14,22-23,35H,12H2,1-4H3,(H-,30,31,33,36,37)/p+1/t14-,22-,23+,25+,26+/m0/s1. The minimum absolute atomic E-state index is 0.0933. The zero-order valence-electron chi connectivity index (χ0n) is 22.8. The molecule has 1 aliphatic heterocycles. The summed E-state index contributed by atoms with van der Waals surface area (Å²) in [7, 11) is -2.56. The lowest BCUT2D eigenvalue weighted by Crippen LogP contribution is -2.48. The zero-order valence-corrected chi connectivity index (χ0v) is 25.3. The summed E-state index contributed by atoms with van der Waals surface area (Å²) < 4.78 is 66.0. The van der Waals surface area contributed by atoms with E-state index >= 15 is 8.78 Å². The smallest absolute Gasteiger partial charge is 0.487 e. The van der Waals surface area contributed by atoms with Crippen molar-refractivity contribution in [1.29, 1.82) is 0 Å². The fraction of sp³-hybridized carbons (Fsp3) is 0.423. The molecule has 0 spiro atoms. The number of hydrogen-bond acceptors (Lipinski definition) is 9. The molecule has 6 atom stereocenters. The van der Waals surface area contributed by atoms with Crippen molar-refractivity contribution in [2.45, 2.75) is 63.7 Å². The minimum atomic E-state index is -3.11. The second kappa shape index (κ2) is 12.2. The molecule has 1 aliphatic rings. The van der Waals surface area contributed by atoms with Gasteiger partial charge in [-0.2, -0.15) is 0 Å². The van der Waals surface area contributed by atoms with Crippen LogP contribution >= 0.6 is 24.1 Å². The Labute approximate surface area is 247 Å². The number of aliphatic hydroxyl groups is 1. The Bertz CT molecular complexity index is 1630. The molecule has 226 valence electrons. The number of halogens is 3. The van der Waals surface area contributed by atoms with Gasteiger partial charge in [0.1, 0.15) is 18.4 Å². The van der Waals surface area contributed by atoms with Crippen LogP contribution in [-0.2, 0) is 18.8 Å². The Balaban J connectivity index is 1.53. The van der Waals surface area contributed by atoms with Crippen molar-refractivity contribution in [3.8, 4) is 11.5 Å². The van der Waals surface area contributed by atoms with Crippen molar-refractivity contribution >= 4 is 40.9 Å². The molecule has 0 bridgehead atoms. The van der Waals surface area contributed by atoms with E-state index in [4.69, 9.17) is 18.7 Å². The van der Waals surface area contributed by atoms with Crippen molar-refractivity contribution in [3.05, 3.63) is 67.9 Å². The average molecular weight is 675 g/mol. The largest absolute Gasteiger partial charge is 0.664 e. The number of nitrogens with one attached hydrogen (secondary N) is 2. The predicted molar refractivity (Wildman–Crippen MR) is 150 cm³/mol. The van der Waals surface area contributed by atoms with Gasteiger partial charge in [-0.25, -0.2) is 18.1 Å². The zero-order chi connectivity index (χ0) is 31.0. The van der Waals surface area contributed by atoms with E-state index in [2.05, 4.69) is 21.0 Å². The van der Waals surface area contributed by atoms with Crippen molar-refractivity contribution in [3.63, 3.8) is 0 Å². The highest BCUT2D eigenvalue weighted by atomic mass is 79.9. The quantitative estimate of drug-likeness (QED) is 0.213. The maximum Gasteiger partial charge on any atom is 0.664 e. The Kier molecular flexibility index (Phi) is 9.19. The number of carbonyl (C=O) groups excluding carboxylic acids is 1. The molecule has 3 aromatic rings. The number of esters is 1. The van der Waals surface area contributed by atoms with Gasteiger partial charge in [0.05, 0.1) is 10.6 Å². The number of alkyl halides is 2. The van der Waals surface area contributed by atoms with Crippen LogP contribution in [0, 0.1) is 0 Å². The molecule has 42 heavy (non-hydrogen) atoms. The maximum absolute atomic E-state index is 15.9. The van der Waals surface area contributed by atoms with E-state index in [0.29, 0.717) is 15.3 Å². The molecular formula is C26H28BrF2N3O9P+. The number of aromatic nitrogens is 2. The normalized spacial score (nSPS) is 24.9. The topological polar surface area (TPSA) is 158 Å². The Hall–Kier alpha value is -3.23. The number of H-pyrrole nitrogens is 1. The summed E-state index contributed by atoms with van der Waals surface area (Å²) >= 11 is 2.92. The Morgan fingerprint density at radius 3 is 2.45 bits per heavy atom. The lowest BCUT2D eigenvalue weighted by molar-refractivity contribution is -0.203. The van der Waals surface area contributed by atoms with Crippen LogP contribution in [0.1, 0.15) is 33.9 Å². The molecule has 1 fully saturated rings. The Morgan fingerprint density at radius 1 is 1.19 bits per heavy atom. The van der Waals surface area contributed by atoms with Crippen LogP contribution in [0.2, 0.25) is 0 Å². The highest BCUT2D eigenvalue weighted by Crippen LogP contribution is 2.47. The summed E-state index contributed by atoms with van der Waals surface area (Å²) in [4.78, 5) is 37.9. The fourth-order valence-corrected chi connectivity index (χ4v) is 5.43.